The monoisotopic (exact) mass is 244 g/mol. The number of nitrogens with one attached hydrogen (secondary N) is 1. The van der Waals surface area contributed by atoms with Gasteiger partial charge >= 0.3 is 0 Å². The largest absolute Gasteiger partial charge is 0.392 e. The van der Waals surface area contributed by atoms with Gasteiger partial charge in [-0.15, -0.1) is 0 Å². The maximum Gasteiger partial charge on any atom is 0.242 e. The second-order valence-corrected chi connectivity index (χ2v) is 5.25. The highest BCUT2D eigenvalue weighted by molar-refractivity contribution is 7.89. The molecule has 1 heterocycles. The quantitative estimate of drug-likeness (QED) is 0.764. The van der Waals surface area contributed by atoms with E-state index in [1.807, 2.05) is 6.92 Å². The number of aromatic nitrogens is 1. The van der Waals surface area contributed by atoms with Crippen molar-refractivity contribution in [2.75, 3.05) is 6.54 Å². The summed E-state index contributed by atoms with van der Waals surface area (Å²) in [5.74, 6) is 0. The van der Waals surface area contributed by atoms with Gasteiger partial charge in [0.2, 0.25) is 10.0 Å². The van der Waals surface area contributed by atoms with Crippen LogP contribution in [0.15, 0.2) is 29.4 Å². The molecule has 0 aliphatic carbocycles. The summed E-state index contributed by atoms with van der Waals surface area (Å²) in [5.41, 5.74) is 0. The van der Waals surface area contributed by atoms with Crippen LogP contribution in [0.4, 0.5) is 0 Å². The van der Waals surface area contributed by atoms with Crippen LogP contribution < -0.4 is 4.72 Å². The highest BCUT2D eigenvalue weighted by atomic mass is 32.2. The van der Waals surface area contributed by atoms with Gasteiger partial charge in [0.15, 0.2) is 0 Å². The van der Waals surface area contributed by atoms with Crippen LogP contribution in [0.25, 0.3) is 0 Å². The van der Waals surface area contributed by atoms with Gasteiger partial charge in [0.1, 0.15) is 4.90 Å². The lowest BCUT2D eigenvalue weighted by molar-refractivity contribution is 0.167. The van der Waals surface area contributed by atoms with Gasteiger partial charge < -0.3 is 5.11 Å². The standard InChI is InChI=1S/C10H16N2O3S/c1-2-4-9(13)7-12-16(14,15)10-5-3-6-11-8-10/h3,5-6,8-9,12-13H,2,4,7H2,1H3. The van der Waals surface area contributed by atoms with Gasteiger partial charge in [0.05, 0.1) is 6.10 Å². The molecule has 1 aromatic rings. The number of nitrogens with zero attached hydrogens (tertiary/aromatic N) is 1. The molecule has 0 bridgehead atoms. The van der Waals surface area contributed by atoms with E-state index in [2.05, 4.69) is 9.71 Å². The number of sulfonamides is 1. The molecule has 0 amide bonds. The molecule has 1 unspecified atom stereocenters. The predicted molar refractivity (Wildman–Crippen MR) is 60.3 cm³/mol. The molecule has 0 aromatic carbocycles. The summed E-state index contributed by atoms with van der Waals surface area (Å²) in [6, 6.07) is 3.01. The molecule has 0 aliphatic heterocycles. The number of aliphatic hydroxyl groups excluding tert-OH is 1. The molecule has 90 valence electrons. The van der Waals surface area contributed by atoms with Crippen molar-refractivity contribution in [3.8, 4) is 0 Å². The van der Waals surface area contributed by atoms with Crippen LogP contribution >= 0.6 is 0 Å². The Balaban J connectivity index is 2.60. The Morgan fingerprint density at radius 2 is 2.31 bits per heavy atom. The second-order valence-electron chi connectivity index (χ2n) is 3.48. The Bertz CT molecular complexity index is 405. The van der Waals surface area contributed by atoms with E-state index in [1.54, 1.807) is 6.07 Å². The first-order chi connectivity index (χ1) is 7.56. The third kappa shape index (κ3) is 3.88. The molecule has 16 heavy (non-hydrogen) atoms. The predicted octanol–water partition coefficient (Wildman–Crippen LogP) is 0.521. The zero-order chi connectivity index (χ0) is 12.0. The molecule has 0 fully saturated rings. The highest BCUT2D eigenvalue weighted by Gasteiger charge is 2.15. The minimum atomic E-state index is -3.55. The summed E-state index contributed by atoms with van der Waals surface area (Å²) in [6.07, 6.45) is 3.53. The summed E-state index contributed by atoms with van der Waals surface area (Å²) in [4.78, 5) is 3.84. The van der Waals surface area contributed by atoms with Crippen molar-refractivity contribution in [2.45, 2.75) is 30.8 Å². The Morgan fingerprint density at radius 3 is 2.88 bits per heavy atom. The molecule has 0 saturated carbocycles. The van der Waals surface area contributed by atoms with Gasteiger partial charge in [-0.2, -0.15) is 0 Å². The van der Waals surface area contributed by atoms with E-state index < -0.39 is 16.1 Å². The lowest BCUT2D eigenvalue weighted by Crippen LogP contribution is -2.32. The first kappa shape index (κ1) is 13.1. The van der Waals surface area contributed by atoms with E-state index in [4.69, 9.17) is 0 Å². The normalized spacial score (nSPS) is 13.6. The number of hydrogen-bond acceptors (Lipinski definition) is 4. The first-order valence-electron chi connectivity index (χ1n) is 5.14. The molecule has 0 spiro atoms. The van der Waals surface area contributed by atoms with Gasteiger partial charge in [-0.1, -0.05) is 13.3 Å². The second kappa shape index (κ2) is 5.93. The zero-order valence-electron chi connectivity index (χ0n) is 9.13. The van der Waals surface area contributed by atoms with Crippen molar-refractivity contribution in [2.24, 2.45) is 0 Å². The van der Waals surface area contributed by atoms with Crippen LogP contribution in [0.2, 0.25) is 0 Å². The minimum absolute atomic E-state index is 0.0328. The Hall–Kier alpha value is -0.980. The summed E-state index contributed by atoms with van der Waals surface area (Å²) in [7, 11) is -3.55. The average Bonchev–Trinajstić information content (AvgIpc) is 2.28. The van der Waals surface area contributed by atoms with Crippen molar-refractivity contribution >= 4 is 10.0 Å². The average molecular weight is 244 g/mol. The fraction of sp³-hybridized carbons (Fsp3) is 0.500. The zero-order valence-corrected chi connectivity index (χ0v) is 9.94. The summed E-state index contributed by atoms with van der Waals surface area (Å²) in [5, 5.41) is 9.42. The lowest BCUT2D eigenvalue weighted by atomic mass is 10.2. The van der Waals surface area contributed by atoms with Gasteiger partial charge in [0.25, 0.3) is 0 Å². The van der Waals surface area contributed by atoms with E-state index in [9.17, 15) is 13.5 Å². The van der Waals surface area contributed by atoms with Gasteiger partial charge in [-0.25, -0.2) is 13.1 Å². The van der Waals surface area contributed by atoms with Crippen LogP contribution in [0.1, 0.15) is 19.8 Å². The molecule has 0 aliphatic rings. The van der Waals surface area contributed by atoms with Crippen LogP contribution in [0.5, 0.6) is 0 Å². The molecule has 1 atom stereocenters. The number of aliphatic hydroxyl groups is 1. The third-order valence-electron chi connectivity index (χ3n) is 2.08. The number of hydrogen-bond donors (Lipinski definition) is 2. The summed E-state index contributed by atoms with van der Waals surface area (Å²) < 4.78 is 25.7. The van der Waals surface area contributed by atoms with E-state index in [1.165, 1.54) is 18.5 Å². The first-order valence-corrected chi connectivity index (χ1v) is 6.62. The van der Waals surface area contributed by atoms with Crippen LogP contribution in [0.3, 0.4) is 0 Å². The van der Waals surface area contributed by atoms with Gasteiger partial charge in [0, 0.05) is 18.9 Å². The summed E-state index contributed by atoms with van der Waals surface area (Å²) >= 11 is 0. The highest BCUT2D eigenvalue weighted by Crippen LogP contribution is 2.05. The molecule has 1 aromatic heterocycles. The van der Waals surface area contributed by atoms with Crippen molar-refractivity contribution in [1.29, 1.82) is 0 Å². The van der Waals surface area contributed by atoms with Gasteiger partial charge in [-0.05, 0) is 18.6 Å². The van der Waals surface area contributed by atoms with Crippen LogP contribution in [-0.2, 0) is 10.0 Å². The Labute approximate surface area is 95.6 Å². The lowest BCUT2D eigenvalue weighted by Gasteiger charge is -2.10. The molecule has 1 rings (SSSR count). The van der Waals surface area contributed by atoms with Crippen molar-refractivity contribution in [3.63, 3.8) is 0 Å². The fourth-order valence-corrected chi connectivity index (χ4v) is 2.27. The maximum absolute atomic E-state index is 11.7. The van der Waals surface area contributed by atoms with Gasteiger partial charge in [-0.3, -0.25) is 4.98 Å². The van der Waals surface area contributed by atoms with E-state index >= 15 is 0 Å². The SMILES string of the molecule is CCCC(O)CNS(=O)(=O)c1cccnc1. The van der Waals surface area contributed by atoms with Crippen molar-refractivity contribution in [1.82, 2.24) is 9.71 Å². The number of pyridine rings is 1. The topological polar surface area (TPSA) is 79.3 Å². The summed E-state index contributed by atoms with van der Waals surface area (Å²) in [6.45, 7) is 1.96. The van der Waals surface area contributed by atoms with Crippen LogP contribution in [0, 0.1) is 0 Å². The van der Waals surface area contributed by atoms with E-state index in [0.717, 1.165) is 6.42 Å². The maximum atomic E-state index is 11.7. The molecular formula is C10H16N2O3S. The van der Waals surface area contributed by atoms with E-state index in [-0.39, 0.29) is 11.4 Å². The minimum Gasteiger partial charge on any atom is -0.392 e. The van der Waals surface area contributed by atoms with E-state index in [0.29, 0.717) is 6.42 Å². The van der Waals surface area contributed by atoms with Crippen molar-refractivity contribution < 1.29 is 13.5 Å². The molecule has 2 N–H and O–H groups in total. The molecule has 5 nitrogen and oxygen atoms in total. The smallest absolute Gasteiger partial charge is 0.242 e. The van der Waals surface area contributed by atoms with Crippen molar-refractivity contribution in [3.05, 3.63) is 24.5 Å². The molecule has 0 radical (unpaired) electrons. The Morgan fingerprint density at radius 1 is 1.56 bits per heavy atom. The third-order valence-corrected chi connectivity index (χ3v) is 3.48. The fourth-order valence-electron chi connectivity index (χ4n) is 1.23. The van der Waals surface area contributed by atoms with Crippen LogP contribution in [-0.4, -0.2) is 31.2 Å². The molecule has 6 heteroatoms. The number of rotatable bonds is 6. The Kier molecular flexibility index (Phi) is 4.85. The molecule has 0 saturated heterocycles. The molecular weight excluding hydrogens is 228 g/mol.